The second-order valence-corrected chi connectivity index (χ2v) is 8.25. The third-order valence-electron chi connectivity index (χ3n) is 5.79. The van der Waals surface area contributed by atoms with Gasteiger partial charge >= 0.3 is 6.09 Å². The molecule has 4 nitrogen and oxygen atoms in total. The van der Waals surface area contributed by atoms with Crippen LogP contribution in [-0.4, -0.2) is 30.6 Å². The number of benzene rings is 1. The van der Waals surface area contributed by atoms with Crippen LogP contribution in [0.15, 0.2) is 90.4 Å². The molecule has 3 rings (SSSR count). The number of carbonyl (C=O) groups is 1. The van der Waals surface area contributed by atoms with E-state index in [2.05, 4.69) is 59.3 Å². The third kappa shape index (κ3) is 7.72. The summed E-state index contributed by atoms with van der Waals surface area (Å²) in [5.41, 5.74) is 3.52. The molecular formula is C27H34N2O2. The molecule has 0 spiro atoms. The summed E-state index contributed by atoms with van der Waals surface area (Å²) in [5.74, 6) is 1.30. The van der Waals surface area contributed by atoms with Crippen LogP contribution < -0.4 is 5.32 Å². The zero-order valence-corrected chi connectivity index (χ0v) is 18.6. The van der Waals surface area contributed by atoms with Crippen molar-refractivity contribution in [3.63, 3.8) is 0 Å². The molecule has 1 aromatic rings. The van der Waals surface area contributed by atoms with Gasteiger partial charge in [-0.05, 0) is 75.2 Å². The molecule has 0 atom stereocenters. The number of rotatable bonds is 8. The molecule has 0 aromatic heterocycles. The van der Waals surface area contributed by atoms with Crippen molar-refractivity contribution in [3.05, 3.63) is 96.0 Å². The largest absolute Gasteiger partial charge is 0.416 e. The first-order valence-electron chi connectivity index (χ1n) is 11.2. The smallest absolute Gasteiger partial charge is 0.415 e. The molecule has 1 fully saturated rings. The minimum absolute atomic E-state index is 0.443. The Morgan fingerprint density at radius 1 is 1.16 bits per heavy atom. The number of carbonyl (C=O) groups excluding carboxylic acids is 1. The van der Waals surface area contributed by atoms with E-state index in [4.69, 9.17) is 4.74 Å². The van der Waals surface area contributed by atoms with Gasteiger partial charge in [0.05, 0.1) is 0 Å². The average molecular weight is 419 g/mol. The Kier molecular flexibility index (Phi) is 8.92. The lowest BCUT2D eigenvalue weighted by Gasteiger charge is -2.33. The van der Waals surface area contributed by atoms with Crippen LogP contribution in [0.1, 0.15) is 38.2 Å². The van der Waals surface area contributed by atoms with E-state index in [1.165, 1.54) is 30.4 Å². The first-order valence-corrected chi connectivity index (χ1v) is 11.2. The number of piperidine rings is 1. The predicted octanol–water partition coefficient (Wildman–Crippen LogP) is 5.92. The van der Waals surface area contributed by atoms with Gasteiger partial charge in [-0.2, -0.15) is 0 Å². The first-order chi connectivity index (χ1) is 15.1. The van der Waals surface area contributed by atoms with Crippen molar-refractivity contribution in [1.82, 2.24) is 10.2 Å². The van der Waals surface area contributed by atoms with Gasteiger partial charge in [0, 0.05) is 12.2 Å². The predicted molar refractivity (Wildman–Crippen MR) is 127 cm³/mol. The molecule has 1 aliphatic heterocycles. The molecule has 1 heterocycles. The lowest BCUT2D eigenvalue weighted by molar-refractivity contribution is 0.178. The Morgan fingerprint density at radius 2 is 1.90 bits per heavy atom. The molecule has 0 bridgehead atoms. The molecule has 1 aromatic carbocycles. The van der Waals surface area contributed by atoms with E-state index >= 15 is 0 Å². The van der Waals surface area contributed by atoms with Crippen LogP contribution in [0.3, 0.4) is 0 Å². The van der Waals surface area contributed by atoms with Gasteiger partial charge in [-0.1, -0.05) is 67.3 Å². The van der Waals surface area contributed by atoms with E-state index in [9.17, 15) is 4.79 Å². The minimum atomic E-state index is -0.443. The summed E-state index contributed by atoms with van der Waals surface area (Å²) in [7, 11) is 0. The van der Waals surface area contributed by atoms with Crippen molar-refractivity contribution in [1.29, 1.82) is 0 Å². The van der Waals surface area contributed by atoms with Crippen LogP contribution in [-0.2, 0) is 11.2 Å². The van der Waals surface area contributed by atoms with Crippen LogP contribution in [0.4, 0.5) is 4.79 Å². The molecule has 0 saturated carbocycles. The number of amides is 1. The molecule has 1 amide bonds. The Morgan fingerprint density at radius 3 is 2.65 bits per heavy atom. The topological polar surface area (TPSA) is 41.6 Å². The van der Waals surface area contributed by atoms with Crippen molar-refractivity contribution in [2.75, 3.05) is 19.6 Å². The highest BCUT2D eigenvalue weighted by molar-refractivity contribution is 5.72. The summed E-state index contributed by atoms with van der Waals surface area (Å²) in [4.78, 5) is 14.8. The SMILES string of the molecule is C=C/C=C\C=C(/C)OC(=O)NC1=CCCC=C1CN1CCC(Cc2ccccc2)CC1. The fraction of sp³-hybridized carbons (Fsp3) is 0.370. The Labute approximate surface area is 186 Å². The maximum absolute atomic E-state index is 12.3. The van der Waals surface area contributed by atoms with E-state index < -0.39 is 6.09 Å². The molecule has 1 aliphatic carbocycles. The summed E-state index contributed by atoms with van der Waals surface area (Å²) in [6.07, 6.45) is 16.5. The highest BCUT2D eigenvalue weighted by Gasteiger charge is 2.22. The van der Waals surface area contributed by atoms with Crippen LogP contribution >= 0.6 is 0 Å². The summed E-state index contributed by atoms with van der Waals surface area (Å²) < 4.78 is 5.35. The van der Waals surface area contributed by atoms with Gasteiger partial charge < -0.3 is 4.74 Å². The van der Waals surface area contributed by atoms with Crippen molar-refractivity contribution < 1.29 is 9.53 Å². The molecule has 1 saturated heterocycles. The van der Waals surface area contributed by atoms with Gasteiger partial charge in [-0.15, -0.1) is 0 Å². The summed E-state index contributed by atoms with van der Waals surface area (Å²) in [6.45, 7) is 8.46. The van der Waals surface area contributed by atoms with Crippen LogP contribution in [0, 0.1) is 5.92 Å². The number of hydrogen-bond acceptors (Lipinski definition) is 3. The van der Waals surface area contributed by atoms with E-state index in [1.807, 2.05) is 0 Å². The van der Waals surface area contributed by atoms with Crippen molar-refractivity contribution in [2.24, 2.45) is 5.92 Å². The lowest BCUT2D eigenvalue weighted by atomic mass is 9.90. The number of likely N-dealkylation sites (tertiary alicyclic amines) is 1. The monoisotopic (exact) mass is 418 g/mol. The summed E-state index contributed by atoms with van der Waals surface area (Å²) in [5, 5.41) is 2.94. The number of nitrogens with zero attached hydrogens (tertiary/aromatic N) is 1. The number of nitrogens with one attached hydrogen (secondary N) is 1. The zero-order chi connectivity index (χ0) is 21.9. The minimum Gasteiger partial charge on any atom is -0.415 e. The van der Waals surface area contributed by atoms with Crippen molar-refractivity contribution in [3.8, 4) is 0 Å². The van der Waals surface area contributed by atoms with Gasteiger partial charge in [-0.25, -0.2) is 4.79 Å². The number of ether oxygens (including phenoxy) is 1. The van der Waals surface area contributed by atoms with Crippen LogP contribution in [0.2, 0.25) is 0 Å². The highest BCUT2D eigenvalue weighted by Crippen LogP contribution is 2.24. The highest BCUT2D eigenvalue weighted by atomic mass is 16.6. The van der Waals surface area contributed by atoms with Crippen LogP contribution in [0.25, 0.3) is 0 Å². The molecule has 164 valence electrons. The maximum Gasteiger partial charge on any atom is 0.416 e. The lowest BCUT2D eigenvalue weighted by Crippen LogP contribution is -2.37. The van der Waals surface area contributed by atoms with E-state index in [-0.39, 0.29) is 0 Å². The van der Waals surface area contributed by atoms with Gasteiger partial charge in [0.2, 0.25) is 0 Å². The number of hydrogen-bond donors (Lipinski definition) is 1. The molecular weight excluding hydrogens is 384 g/mol. The van der Waals surface area contributed by atoms with E-state index in [1.54, 1.807) is 31.2 Å². The Hall–Kier alpha value is -2.85. The first kappa shape index (κ1) is 22.8. The Balaban J connectivity index is 1.47. The molecule has 2 aliphatic rings. The van der Waals surface area contributed by atoms with Gasteiger partial charge in [0.25, 0.3) is 0 Å². The maximum atomic E-state index is 12.3. The molecule has 0 unspecified atom stereocenters. The zero-order valence-electron chi connectivity index (χ0n) is 18.6. The van der Waals surface area contributed by atoms with Gasteiger partial charge in [0.15, 0.2) is 0 Å². The van der Waals surface area contributed by atoms with E-state index in [0.29, 0.717) is 5.76 Å². The van der Waals surface area contributed by atoms with Crippen LogP contribution in [0.5, 0.6) is 0 Å². The molecule has 1 N–H and O–H groups in total. The van der Waals surface area contributed by atoms with Crippen molar-refractivity contribution >= 4 is 6.09 Å². The molecule has 0 radical (unpaired) electrons. The second-order valence-electron chi connectivity index (χ2n) is 8.25. The average Bonchev–Trinajstić information content (AvgIpc) is 2.77. The fourth-order valence-electron chi connectivity index (χ4n) is 4.13. The normalized spacial score (nSPS) is 18.4. The number of allylic oxidation sites excluding steroid dienone is 7. The Bertz CT molecular complexity index is 856. The fourth-order valence-corrected chi connectivity index (χ4v) is 4.13. The summed E-state index contributed by atoms with van der Waals surface area (Å²) in [6, 6.07) is 10.8. The van der Waals surface area contributed by atoms with E-state index in [0.717, 1.165) is 44.1 Å². The third-order valence-corrected chi connectivity index (χ3v) is 5.79. The quantitative estimate of drug-likeness (QED) is 0.421. The standard InChI is InChI=1S/C27H34N2O2/c1-3-4-6-11-22(2)31-27(30)28-26-15-10-9-14-25(26)21-29-18-16-24(17-19-29)20-23-12-7-5-8-13-23/h3-8,11-15,24H,1,9-10,16-21H2,2H3,(H,28,30)/b6-4-,22-11+. The molecule has 31 heavy (non-hydrogen) atoms. The number of alkyl carbamates (subject to hydrolysis) is 1. The van der Waals surface area contributed by atoms with Gasteiger partial charge in [0.1, 0.15) is 5.76 Å². The summed E-state index contributed by atoms with van der Waals surface area (Å²) >= 11 is 0. The molecule has 4 heteroatoms. The van der Waals surface area contributed by atoms with Gasteiger partial charge in [-0.3, -0.25) is 10.2 Å². The van der Waals surface area contributed by atoms with Crippen molar-refractivity contribution in [2.45, 2.75) is 39.0 Å². The second kappa shape index (κ2) is 12.1.